The van der Waals surface area contributed by atoms with Crippen molar-refractivity contribution in [2.24, 2.45) is 0 Å². The van der Waals surface area contributed by atoms with E-state index in [4.69, 9.17) is 0 Å². The van der Waals surface area contributed by atoms with E-state index in [2.05, 4.69) is 15.3 Å². The van der Waals surface area contributed by atoms with Crippen LogP contribution in [0.4, 0.5) is 10.8 Å². The number of thiazole rings is 1. The van der Waals surface area contributed by atoms with Crippen LogP contribution in [0, 0.1) is 13.8 Å². The van der Waals surface area contributed by atoms with E-state index in [1.807, 2.05) is 31.4 Å². The third-order valence-electron chi connectivity index (χ3n) is 3.42. The molecule has 2 aromatic heterocycles. The van der Waals surface area contributed by atoms with Gasteiger partial charge in [0.05, 0.1) is 10.6 Å². The zero-order chi connectivity index (χ0) is 17.3. The number of sulfone groups is 1. The number of hydrogen-bond donors (Lipinski definition) is 1. The largest absolute Gasteiger partial charge is 0.332 e. The molecule has 0 unspecified atom stereocenters. The van der Waals surface area contributed by atoms with Gasteiger partial charge in [-0.2, -0.15) is 0 Å². The SMILES string of the molecule is Cc1cc(-c2csc(Nc3ccc(S(C)(=O)=O)cc3)n2)cc(C)n1. The molecule has 0 spiro atoms. The molecule has 0 atom stereocenters. The van der Waals surface area contributed by atoms with Gasteiger partial charge in [0.25, 0.3) is 0 Å². The van der Waals surface area contributed by atoms with Gasteiger partial charge in [-0.25, -0.2) is 13.4 Å². The molecule has 0 aliphatic carbocycles. The highest BCUT2D eigenvalue weighted by Crippen LogP contribution is 2.28. The second-order valence-electron chi connectivity index (χ2n) is 5.60. The van der Waals surface area contributed by atoms with Crippen LogP contribution in [0.15, 0.2) is 46.7 Å². The van der Waals surface area contributed by atoms with Gasteiger partial charge >= 0.3 is 0 Å². The molecule has 124 valence electrons. The molecule has 0 saturated carbocycles. The van der Waals surface area contributed by atoms with E-state index in [9.17, 15) is 8.42 Å². The van der Waals surface area contributed by atoms with Crippen LogP contribution in [-0.4, -0.2) is 24.6 Å². The molecule has 1 N–H and O–H groups in total. The van der Waals surface area contributed by atoms with Gasteiger partial charge in [-0.3, -0.25) is 4.98 Å². The predicted molar refractivity (Wildman–Crippen MR) is 97.7 cm³/mol. The van der Waals surface area contributed by atoms with Crippen molar-refractivity contribution >= 4 is 32.0 Å². The summed E-state index contributed by atoms with van der Waals surface area (Å²) in [6, 6.07) is 10.7. The van der Waals surface area contributed by atoms with Gasteiger partial charge < -0.3 is 5.32 Å². The van der Waals surface area contributed by atoms with E-state index in [1.54, 1.807) is 24.3 Å². The lowest BCUT2D eigenvalue weighted by Crippen LogP contribution is -1.97. The fourth-order valence-corrected chi connectivity index (χ4v) is 3.73. The summed E-state index contributed by atoms with van der Waals surface area (Å²) in [4.78, 5) is 9.27. The standard InChI is InChI=1S/C17H17N3O2S2/c1-11-8-13(9-12(2)18-11)16-10-23-17(20-16)19-14-4-6-15(7-5-14)24(3,21)22/h4-10H,1-3H3,(H,19,20). The van der Waals surface area contributed by atoms with Crippen molar-refractivity contribution in [3.63, 3.8) is 0 Å². The molecule has 24 heavy (non-hydrogen) atoms. The first-order valence-electron chi connectivity index (χ1n) is 7.29. The number of anilines is 2. The quantitative estimate of drug-likeness (QED) is 0.763. The summed E-state index contributed by atoms with van der Waals surface area (Å²) in [7, 11) is -3.18. The van der Waals surface area contributed by atoms with Crippen molar-refractivity contribution in [1.82, 2.24) is 9.97 Å². The van der Waals surface area contributed by atoms with Gasteiger partial charge in [0.2, 0.25) is 0 Å². The summed E-state index contributed by atoms with van der Waals surface area (Å²) in [5, 5.41) is 5.94. The van der Waals surface area contributed by atoms with E-state index in [0.29, 0.717) is 4.90 Å². The Morgan fingerprint density at radius 2 is 1.62 bits per heavy atom. The van der Waals surface area contributed by atoms with Gasteiger partial charge in [-0.05, 0) is 50.2 Å². The van der Waals surface area contributed by atoms with E-state index < -0.39 is 9.84 Å². The molecule has 0 amide bonds. The van der Waals surface area contributed by atoms with Crippen molar-refractivity contribution in [3.8, 4) is 11.3 Å². The molecule has 7 heteroatoms. The van der Waals surface area contributed by atoms with Crippen LogP contribution in [0.25, 0.3) is 11.3 Å². The van der Waals surface area contributed by atoms with Crippen LogP contribution in [-0.2, 0) is 9.84 Å². The number of nitrogens with one attached hydrogen (secondary N) is 1. The highest BCUT2D eigenvalue weighted by molar-refractivity contribution is 7.90. The van der Waals surface area contributed by atoms with E-state index >= 15 is 0 Å². The summed E-state index contributed by atoms with van der Waals surface area (Å²) >= 11 is 1.50. The molecule has 0 fully saturated rings. The lowest BCUT2D eigenvalue weighted by molar-refractivity contribution is 0.602. The van der Waals surface area contributed by atoms with Crippen molar-refractivity contribution in [3.05, 3.63) is 53.2 Å². The number of hydrogen-bond acceptors (Lipinski definition) is 6. The zero-order valence-electron chi connectivity index (χ0n) is 13.6. The molecular weight excluding hydrogens is 342 g/mol. The van der Waals surface area contributed by atoms with Crippen molar-refractivity contribution in [1.29, 1.82) is 0 Å². The molecule has 0 saturated heterocycles. The lowest BCUT2D eigenvalue weighted by Gasteiger charge is -2.04. The number of benzene rings is 1. The Labute approximate surface area is 145 Å². The van der Waals surface area contributed by atoms with Crippen LogP contribution < -0.4 is 5.32 Å². The normalized spacial score (nSPS) is 11.5. The van der Waals surface area contributed by atoms with Gasteiger partial charge in [0, 0.05) is 34.3 Å². The fraction of sp³-hybridized carbons (Fsp3) is 0.176. The first-order valence-corrected chi connectivity index (χ1v) is 10.1. The van der Waals surface area contributed by atoms with Crippen LogP contribution >= 0.6 is 11.3 Å². The number of aromatic nitrogens is 2. The van der Waals surface area contributed by atoms with E-state index in [-0.39, 0.29) is 0 Å². The zero-order valence-corrected chi connectivity index (χ0v) is 15.2. The highest BCUT2D eigenvalue weighted by atomic mass is 32.2. The Bertz CT molecular complexity index is 957. The van der Waals surface area contributed by atoms with Crippen LogP contribution in [0.5, 0.6) is 0 Å². The van der Waals surface area contributed by atoms with Crippen LogP contribution in [0.3, 0.4) is 0 Å². The summed E-state index contributed by atoms with van der Waals surface area (Å²) in [5.41, 5.74) is 4.65. The van der Waals surface area contributed by atoms with Gasteiger partial charge in [0.1, 0.15) is 0 Å². The predicted octanol–water partition coefficient (Wildman–Crippen LogP) is 3.97. The lowest BCUT2D eigenvalue weighted by atomic mass is 10.1. The summed E-state index contributed by atoms with van der Waals surface area (Å²) < 4.78 is 23.0. The minimum absolute atomic E-state index is 0.301. The average molecular weight is 359 g/mol. The second kappa shape index (κ2) is 6.33. The molecular formula is C17H17N3O2S2. The third kappa shape index (κ3) is 3.80. The third-order valence-corrected chi connectivity index (χ3v) is 5.30. The Kier molecular flexibility index (Phi) is 4.38. The number of aryl methyl sites for hydroxylation is 2. The van der Waals surface area contributed by atoms with E-state index in [0.717, 1.165) is 33.5 Å². The monoisotopic (exact) mass is 359 g/mol. The molecule has 2 heterocycles. The van der Waals surface area contributed by atoms with Crippen molar-refractivity contribution < 1.29 is 8.42 Å². The molecule has 0 aliphatic rings. The maximum Gasteiger partial charge on any atom is 0.187 e. The van der Waals surface area contributed by atoms with Gasteiger partial charge in [-0.15, -0.1) is 11.3 Å². The minimum Gasteiger partial charge on any atom is -0.332 e. The Morgan fingerprint density at radius 1 is 1.00 bits per heavy atom. The fourth-order valence-electron chi connectivity index (χ4n) is 2.36. The number of nitrogens with zero attached hydrogens (tertiary/aromatic N) is 2. The molecule has 0 radical (unpaired) electrons. The Morgan fingerprint density at radius 3 is 2.21 bits per heavy atom. The van der Waals surface area contributed by atoms with Crippen LogP contribution in [0.2, 0.25) is 0 Å². The summed E-state index contributed by atoms with van der Waals surface area (Å²) in [6.07, 6.45) is 1.20. The highest BCUT2D eigenvalue weighted by Gasteiger charge is 2.09. The minimum atomic E-state index is -3.18. The topological polar surface area (TPSA) is 72.0 Å². The van der Waals surface area contributed by atoms with Crippen LogP contribution in [0.1, 0.15) is 11.4 Å². The average Bonchev–Trinajstić information content (AvgIpc) is 2.94. The summed E-state index contributed by atoms with van der Waals surface area (Å²) in [5.74, 6) is 0. The van der Waals surface area contributed by atoms with E-state index in [1.165, 1.54) is 17.6 Å². The smallest absolute Gasteiger partial charge is 0.187 e. The molecule has 1 aromatic carbocycles. The Hall–Kier alpha value is -2.25. The second-order valence-corrected chi connectivity index (χ2v) is 8.47. The molecule has 3 aromatic rings. The van der Waals surface area contributed by atoms with Gasteiger partial charge in [0.15, 0.2) is 15.0 Å². The molecule has 0 bridgehead atoms. The molecule has 3 rings (SSSR count). The molecule has 5 nitrogen and oxygen atoms in total. The van der Waals surface area contributed by atoms with Gasteiger partial charge in [-0.1, -0.05) is 0 Å². The summed E-state index contributed by atoms with van der Waals surface area (Å²) in [6.45, 7) is 3.93. The first kappa shape index (κ1) is 16.6. The van der Waals surface area contributed by atoms with Crippen molar-refractivity contribution in [2.75, 3.05) is 11.6 Å². The number of pyridine rings is 1. The number of rotatable bonds is 4. The van der Waals surface area contributed by atoms with Crippen molar-refractivity contribution in [2.45, 2.75) is 18.7 Å². The maximum absolute atomic E-state index is 11.5. The Balaban J connectivity index is 1.81. The maximum atomic E-state index is 11.5. The first-order chi connectivity index (χ1) is 11.3. The molecule has 0 aliphatic heterocycles.